The van der Waals surface area contributed by atoms with Gasteiger partial charge in [0.2, 0.25) is 12.3 Å². The summed E-state index contributed by atoms with van der Waals surface area (Å²) < 4.78 is 13.1. The van der Waals surface area contributed by atoms with Gasteiger partial charge in [-0.2, -0.15) is 0 Å². The van der Waals surface area contributed by atoms with Crippen molar-refractivity contribution in [2.45, 2.75) is 53.0 Å². The molecule has 0 saturated carbocycles. The first-order chi connectivity index (χ1) is 12.6. The number of amides is 2. The number of hydrogen-bond donors (Lipinski definition) is 2. The predicted molar refractivity (Wildman–Crippen MR) is 99.7 cm³/mol. The van der Waals surface area contributed by atoms with Gasteiger partial charge in [-0.3, -0.25) is 19.6 Å². The van der Waals surface area contributed by atoms with Crippen LogP contribution in [0, 0.1) is 17.2 Å². The Bertz CT molecular complexity index is 640. The zero-order chi connectivity index (χ0) is 20.6. The number of unbranched alkanes of at least 4 members (excludes halogenated alkanes) is 1. The highest BCUT2D eigenvalue weighted by Gasteiger charge is 2.35. The van der Waals surface area contributed by atoms with Crippen LogP contribution < -0.4 is 5.32 Å². The highest BCUT2D eigenvalue weighted by molar-refractivity contribution is 6.02. The number of rotatable bonds is 10. The Hall–Kier alpha value is -2.28. The van der Waals surface area contributed by atoms with E-state index in [2.05, 4.69) is 5.32 Å². The van der Waals surface area contributed by atoms with Crippen molar-refractivity contribution in [1.29, 1.82) is 0 Å². The van der Waals surface area contributed by atoms with Crippen LogP contribution in [0.15, 0.2) is 24.3 Å². The second-order valence-electron chi connectivity index (χ2n) is 7.75. The summed E-state index contributed by atoms with van der Waals surface area (Å²) in [6.07, 6.45) is 2.33. The lowest BCUT2D eigenvalue weighted by molar-refractivity contribution is -0.154. The molecular formula is C20H29FN2O4. The van der Waals surface area contributed by atoms with Gasteiger partial charge in [-0.05, 0) is 36.1 Å². The van der Waals surface area contributed by atoms with E-state index in [4.69, 9.17) is 0 Å². The van der Waals surface area contributed by atoms with E-state index in [-0.39, 0.29) is 18.7 Å². The van der Waals surface area contributed by atoms with Gasteiger partial charge in [-0.1, -0.05) is 40.5 Å². The van der Waals surface area contributed by atoms with Gasteiger partial charge in [-0.15, -0.1) is 0 Å². The van der Waals surface area contributed by atoms with Crippen molar-refractivity contribution in [2.75, 3.05) is 6.54 Å². The van der Waals surface area contributed by atoms with Crippen LogP contribution >= 0.6 is 0 Å². The van der Waals surface area contributed by atoms with Crippen LogP contribution in [0.25, 0.3) is 0 Å². The summed E-state index contributed by atoms with van der Waals surface area (Å²) in [6.45, 7) is 7.30. The van der Waals surface area contributed by atoms with E-state index in [9.17, 15) is 24.0 Å². The van der Waals surface area contributed by atoms with Crippen LogP contribution in [0.4, 0.5) is 4.39 Å². The summed E-state index contributed by atoms with van der Waals surface area (Å²) >= 11 is 0. The Kier molecular flexibility index (Phi) is 8.56. The average Bonchev–Trinajstić information content (AvgIpc) is 2.61. The first kappa shape index (κ1) is 22.8. The summed E-state index contributed by atoms with van der Waals surface area (Å²) in [4.78, 5) is 36.4. The first-order valence-corrected chi connectivity index (χ1v) is 9.11. The minimum absolute atomic E-state index is 0.142. The molecule has 0 aliphatic carbocycles. The maximum Gasteiger partial charge on any atom is 0.233 e. The molecule has 0 aliphatic rings. The molecule has 0 aromatic heterocycles. The van der Waals surface area contributed by atoms with Crippen molar-refractivity contribution in [2.24, 2.45) is 11.3 Å². The molecule has 0 saturated heterocycles. The molecule has 0 spiro atoms. The van der Waals surface area contributed by atoms with E-state index in [0.29, 0.717) is 17.0 Å². The number of hydrogen-bond acceptors (Lipinski definition) is 4. The lowest BCUT2D eigenvalue weighted by atomic mass is 9.81. The second-order valence-corrected chi connectivity index (χ2v) is 7.75. The number of ketones is 1. The predicted octanol–water partition coefficient (Wildman–Crippen LogP) is 3.19. The largest absolute Gasteiger partial charge is 0.345 e. The minimum atomic E-state index is -0.831. The molecule has 0 aliphatic heterocycles. The lowest BCUT2D eigenvalue weighted by Gasteiger charge is -2.32. The number of nitrogens with zero attached hydrogens (tertiary/aromatic N) is 1. The Morgan fingerprint density at radius 2 is 1.85 bits per heavy atom. The number of benzene rings is 1. The van der Waals surface area contributed by atoms with Crippen molar-refractivity contribution < 1.29 is 24.0 Å². The van der Waals surface area contributed by atoms with Crippen LogP contribution in [0.5, 0.6) is 0 Å². The van der Waals surface area contributed by atoms with E-state index >= 15 is 0 Å². The number of hydroxylamine groups is 2. The molecule has 150 valence electrons. The van der Waals surface area contributed by atoms with Crippen LogP contribution in [-0.4, -0.2) is 41.0 Å². The van der Waals surface area contributed by atoms with E-state index in [1.807, 2.05) is 27.7 Å². The fourth-order valence-corrected chi connectivity index (χ4v) is 2.74. The van der Waals surface area contributed by atoms with Crippen molar-refractivity contribution in [1.82, 2.24) is 10.4 Å². The smallest absolute Gasteiger partial charge is 0.233 e. The summed E-state index contributed by atoms with van der Waals surface area (Å²) in [6, 6.07) is 4.35. The third kappa shape index (κ3) is 7.09. The van der Waals surface area contributed by atoms with Gasteiger partial charge in [0.15, 0.2) is 5.78 Å². The van der Waals surface area contributed by atoms with E-state index in [0.717, 1.165) is 12.8 Å². The lowest BCUT2D eigenvalue weighted by Crippen LogP contribution is -2.52. The Morgan fingerprint density at radius 3 is 2.33 bits per heavy atom. The van der Waals surface area contributed by atoms with E-state index < -0.39 is 29.1 Å². The molecule has 1 aromatic carbocycles. The standard InChI is InChI=1S/C20H29FN2O4/c1-5-6-7-15(12-23(27)13-24)19(26)22-18(20(2,3)4)17(25)14-8-10-16(21)11-9-14/h8-11,13,15,18,27H,5-7,12H2,1-4H3,(H,22,26)/t15-,18+/m0/s1. The Morgan fingerprint density at radius 1 is 1.26 bits per heavy atom. The minimum Gasteiger partial charge on any atom is -0.345 e. The molecule has 2 N–H and O–H groups in total. The van der Waals surface area contributed by atoms with Crippen LogP contribution in [0.1, 0.15) is 57.3 Å². The van der Waals surface area contributed by atoms with Gasteiger partial charge in [0.25, 0.3) is 0 Å². The van der Waals surface area contributed by atoms with E-state index in [1.165, 1.54) is 24.3 Å². The first-order valence-electron chi connectivity index (χ1n) is 9.11. The van der Waals surface area contributed by atoms with Crippen molar-refractivity contribution in [3.05, 3.63) is 35.6 Å². The van der Waals surface area contributed by atoms with Gasteiger partial charge in [-0.25, -0.2) is 9.45 Å². The number of Topliss-reactive ketones (excluding diaryl/α,β-unsaturated/α-hetero) is 1. The fourth-order valence-electron chi connectivity index (χ4n) is 2.74. The highest BCUT2D eigenvalue weighted by atomic mass is 19.1. The van der Waals surface area contributed by atoms with Crippen molar-refractivity contribution >= 4 is 18.1 Å². The quantitative estimate of drug-likeness (QED) is 0.282. The second kappa shape index (κ2) is 10.2. The molecule has 0 fully saturated rings. The number of nitrogens with one attached hydrogen (secondary N) is 1. The highest BCUT2D eigenvalue weighted by Crippen LogP contribution is 2.24. The third-order valence-corrected chi connectivity index (χ3v) is 4.35. The van der Waals surface area contributed by atoms with Crippen LogP contribution in [0.2, 0.25) is 0 Å². The summed E-state index contributed by atoms with van der Waals surface area (Å²) in [5, 5.41) is 12.7. The summed E-state index contributed by atoms with van der Waals surface area (Å²) in [5.74, 6) is -1.80. The molecule has 6 nitrogen and oxygen atoms in total. The zero-order valence-corrected chi connectivity index (χ0v) is 16.4. The maximum atomic E-state index is 13.1. The van der Waals surface area contributed by atoms with Crippen LogP contribution in [-0.2, 0) is 9.59 Å². The van der Waals surface area contributed by atoms with Gasteiger partial charge in [0, 0.05) is 5.56 Å². The summed E-state index contributed by atoms with van der Waals surface area (Å²) in [5.41, 5.74) is -0.279. The van der Waals surface area contributed by atoms with Crippen molar-refractivity contribution in [3.63, 3.8) is 0 Å². The molecule has 2 atom stereocenters. The molecule has 7 heteroatoms. The monoisotopic (exact) mass is 380 g/mol. The Labute approximate surface area is 159 Å². The Balaban J connectivity index is 3.02. The third-order valence-electron chi connectivity index (χ3n) is 4.35. The molecule has 1 rings (SSSR count). The molecule has 0 radical (unpaired) electrons. The summed E-state index contributed by atoms with van der Waals surface area (Å²) in [7, 11) is 0. The molecule has 0 bridgehead atoms. The number of halogens is 1. The number of carbonyl (C=O) groups excluding carboxylic acids is 3. The van der Waals surface area contributed by atoms with Gasteiger partial charge in [0.05, 0.1) is 18.5 Å². The molecule has 0 heterocycles. The molecule has 0 unspecified atom stereocenters. The SMILES string of the molecule is CCCC[C@@H](CN(O)C=O)C(=O)N[C@H](C(=O)c1ccc(F)cc1)C(C)(C)C. The van der Waals surface area contributed by atoms with Crippen LogP contribution in [0.3, 0.4) is 0 Å². The van der Waals surface area contributed by atoms with Gasteiger partial charge in [0.1, 0.15) is 5.82 Å². The van der Waals surface area contributed by atoms with Crippen molar-refractivity contribution in [3.8, 4) is 0 Å². The normalized spacial score (nSPS) is 13.6. The van der Waals surface area contributed by atoms with Gasteiger partial charge >= 0.3 is 0 Å². The topological polar surface area (TPSA) is 86.7 Å². The van der Waals surface area contributed by atoms with E-state index in [1.54, 1.807) is 0 Å². The zero-order valence-electron chi connectivity index (χ0n) is 16.4. The maximum absolute atomic E-state index is 13.1. The van der Waals surface area contributed by atoms with Gasteiger partial charge < -0.3 is 5.32 Å². The molecule has 2 amide bonds. The molecule has 1 aromatic rings. The fraction of sp³-hybridized carbons (Fsp3) is 0.550. The molecular weight excluding hydrogens is 351 g/mol. The number of carbonyl (C=O) groups is 3. The average molecular weight is 380 g/mol. The molecule has 27 heavy (non-hydrogen) atoms.